The molecule has 1 atom stereocenters. The minimum atomic E-state index is -4.18. The average molecular weight is 328 g/mol. The standard InChI is InChI=1S/C16H31F3O3/c1-5-6-7-8-9-10-11-14(12-13-15(17,18)19)16(20-2,21-3)22-4/h14H,5-13H2,1-4H3/t14-/m1/s1. The van der Waals surface area contributed by atoms with Gasteiger partial charge in [-0.3, -0.25) is 0 Å². The summed E-state index contributed by atoms with van der Waals surface area (Å²) in [5.74, 6) is -1.84. The van der Waals surface area contributed by atoms with Crippen LogP contribution in [0.5, 0.6) is 0 Å². The van der Waals surface area contributed by atoms with Gasteiger partial charge in [-0.1, -0.05) is 45.4 Å². The Hall–Kier alpha value is -0.330. The Kier molecular flexibility index (Phi) is 11.1. The Bertz CT molecular complexity index is 258. The predicted octanol–water partition coefficient (Wildman–Crippen LogP) is 5.29. The number of hydrogen-bond donors (Lipinski definition) is 0. The Morgan fingerprint density at radius 2 is 1.27 bits per heavy atom. The third kappa shape index (κ3) is 8.34. The van der Waals surface area contributed by atoms with E-state index in [0.29, 0.717) is 6.42 Å². The first-order valence-corrected chi connectivity index (χ1v) is 8.07. The molecule has 0 amide bonds. The highest BCUT2D eigenvalue weighted by atomic mass is 19.4. The summed E-state index contributed by atoms with van der Waals surface area (Å²) in [6.45, 7) is 2.15. The minimum absolute atomic E-state index is 0.0615. The van der Waals surface area contributed by atoms with Crippen LogP contribution in [0.3, 0.4) is 0 Å². The van der Waals surface area contributed by atoms with Crippen molar-refractivity contribution in [3.8, 4) is 0 Å². The van der Waals surface area contributed by atoms with Crippen molar-refractivity contribution in [2.45, 2.75) is 76.9 Å². The molecule has 0 heterocycles. The molecule has 0 aliphatic rings. The molecule has 0 unspecified atom stereocenters. The fourth-order valence-electron chi connectivity index (χ4n) is 2.76. The fraction of sp³-hybridized carbons (Fsp3) is 1.00. The molecule has 0 aliphatic heterocycles. The van der Waals surface area contributed by atoms with Gasteiger partial charge in [0.1, 0.15) is 0 Å². The quantitative estimate of drug-likeness (QED) is 0.340. The van der Waals surface area contributed by atoms with Crippen LogP contribution in [0.1, 0.15) is 64.7 Å². The number of ether oxygens (including phenoxy) is 3. The third-order valence-electron chi connectivity index (χ3n) is 4.04. The molecule has 0 aromatic rings. The molecule has 22 heavy (non-hydrogen) atoms. The van der Waals surface area contributed by atoms with Gasteiger partial charge in [0.25, 0.3) is 5.97 Å². The smallest absolute Gasteiger partial charge is 0.331 e. The Labute approximate surface area is 132 Å². The van der Waals surface area contributed by atoms with Gasteiger partial charge in [0, 0.05) is 33.7 Å². The molecule has 0 N–H and O–H groups in total. The second-order valence-electron chi connectivity index (χ2n) is 5.62. The molecule has 0 aromatic heterocycles. The van der Waals surface area contributed by atoms with Crippen molar-refractivity contribution in [2.75, 3.05) is 21.3 Å². The van der Waals surface area contributed by atoms with E-state index in [1.54, 1.807) is 0 Å². The van der Waals surface area contributed by atoms with Gasteiger partial charge in [-0.2, -0.15) is 13.2 Å². The SMILES string of the molecule is CCCCCCCC[C@H](CCC(F)(F)F)C(OC)(OC)OC. The molecule has 0 saturated heterocycles. The summed E-state index contributed by atoms with van der Waals surface area (Å²) in [5, 5.41) is 0. The maximum absolute atomic E-state index is 12.5. The van der Waals surface area contributed by atoms with Crippen molar-refractivity contribution in [3.05, 3.63) is 0 Å². The first kappa shape index (κ1) is 21.7. The number of unbranched alkanes of at least 4 members (excludes halogenated alkanes) is 5. The van der Waals surface area contributed by atoms with E-state index in [9.17, 15) is 13.2 Å². The van der Waals surface area contributed by atoms with Gasteiger partial charge in [0.2, 0.25) is 0 Å². The van der Waals surface area contributed by atoms with Crippen molar-refractivity contribution >= 4 is 0 Å². The van der Waals surface area contributed by atoms with Gasteiger partial charge in [-0.15, -0.1) is 0 Å². The van der Waals surface area contributed by atoms with Gasteiger partial charge in [-0.25, -0.2) is 0 Å². The van der Waals surface area contributed by atoms with Crippen molar-refractivity contribution in [3.63, 3.8) is 0 Å². The average Bonchev–Trinajstić information content (AvgIpc) is 2.48. The molecule has 0 radical (unpaired) electrons. The molecule has 134 valence electrons. The number of methoxy groups -OCH3 is 3. The number of rotatable bonds is 13. The zero-order valence-electron chi connectivity index (χ0n) is 14.3. The van der Waals surface area contributed by atoms with E-state index in [2.05, 4.69) is 6.92 Å². The van der Waals surface area contributed by atoms with Crippen LogP contribution in [0, 0.1) is 5.92 Å². The lowest BCUT2D eigenvalue weighted by Crippen LogP contribution is -2.44. The van der Waals surface area contributed by atoms with Crippen molar-refractivity contribution in [2.24, 2.45) is 5.92 Å². The van der Waals surface area contributed by atoms with E-state index in [0.717, 1.165) is 19.3 Å². The van der Waals surface area contributed by atoms with Gasteiger partial charge in [0.05, 0.1) is 0 Å². The largest absolute Gasteiger partial charge is 0.389 e. The maximum atomic E-state index is 12.5. The van der Waals surface area contributed by atoms with Crippen LogP contribution in [0.2, 0.25) is 0 Å². The molecule has 0 rings (SSSR count). The van der Waals surface area contributed by atoms with Crippen molar-refractivity contribution < 1.29 is 27.4 Å². The molecular formula is C16H31F3O3. The second kappa shape index (κ2) is 11.2. The summed E-state index contributed by atoms with van der Waals surface area (Å²) >= 11 is 0. The highest BCUT2D eigenvalue weighted by Crippen LogP contribution is 2.35. The summed E-state index contributed by atoms with van der Waals surface area (Å²) in [4.78, 5) is 0. The molecule has 0 saturated carbocycles. The van der Waals surface area contributed by atoms with E-state index in [-0.39, 0.29) is 6.42 Å². The van der Waals surface area contributed by atoms with Crippen LogP contribution >= 0.6 is 0 Å². The third-order valence-corrected chi connectivity index (χ3v) is 4.04. The van der Waals surface area contributed by atoms with Crippen LogP contribution < -0.4 is 0 Å². The van der Waals surface area contributed by atoms with Crippen LogP contribution in [0.25, 0.3) is 0 Å². The van der Waals surface area contributed by atoms with Gasteiger partial charge in [0.15, 0.2) is 0 Å². The van der Waals surface area contributed by atoms with E-state index in [4.69, 9.17) is 14.2 Å². The summed E-state index contributed by atoms with van der Waals surface area (Å²) in [5.41, 5.74) is 0. The zero-order chi connectivity index (χ0) is 17.1. The lowest BCUT2D eigenvalue weighted by atomic mass is 9.93. The molecular weight excluding hydrogens is 297 g/mol. The van der Waals surface area contributed by atoms with Crippen molar-refractivity contribution in [1.82, 2.24) is 0 Å². The molecule has 3 nitrogen and oxygen atoms in total. The molecule has 0 fully saturated rings. The first-order chi connectivity index (χ1) is 10.3. The highest BCUT2D eigenvalue weighted by Gasteiger charge is 2.41. The first-order valence-electron chi connectivity index (χ1n) is 8.07. The van der Waals surface area contributed by atoms with E-state index in [1.165, 1.54) is 40.6 Å². The van der Waals surface area contributed by atoms with Crippen LogP contribution in [0.15, 0.2) is 0 Å². The summed E-state index contributed by atoms with van der Waals surface area (Å²) in [7, 11) is 4.19. The van der Waals surface area contributed by atoms with Crippen LogP contribution in [-0.2, 0) is 14.2 Å². The second-order valence-corrected chi connectivity index (χ2v) is 5.62. The molecule has 0 aromatic carbocycles. The number of halogens is 3. The van der Waals surface area contributed by atoms with Gasteiger partial charge < -0.3 is 14.2 Å². The van der Waals surface area contributed by atoms with E-state index >= 15 is 0 Å². The predicted molar refractivity (Wildman–Crippen MR) is 80.5 cm³/mol. The zero-order valence-corrected chi connectivity index (χ0v) is 14.3. The lowest BCUT2D eigenvalue weighted by molar-refractivity contribution is -0.381. The van der Waals surface area contributed by atoms with Gasteiger partial charge in [-0.05, 0) is 12.8 Å². The van der Waals surface area contributed by atoms with E-state index in [1.807, 2.05) is 0 Å². The van der Waals surface area contributed by atoms with Crippen LogP contribution in [-0.4, -0.2) is 33.5 Å². The minimum Gasteiger partial charge on any atom is -0.331 e. The molecule has 0 bridgehead atoms. The monoisotopic (exact) mass is 328 g/mol. The van der Waals surface area contributed by atoms with Crippen LogP contribution in [0.4, 0.5) is 13.2 Å². The maximum Gasteiger partial charge on any atom is 0.389 e. The number of alkyl halides is 3. The number of hydrogen-bond acceptors (Lipinski definition) is 3. The van der Waals surface area contributed by atoms with Gasteiger partial charge >= 0.3 is 6.18 Å². The summed E-state index contributed by atoms with van der Waals surface area (Å²) < 4.78 is 53.3. The molecule has 0 spiro atoms. The summed E-state index contributed by atoms with van der Waals surface area (Å²) in [6, 6.07) is 0. The topological polar surface area (TPSA) is 27.7 Å². The van der Waals surface area contributed by atoms with E-state index < -0.39 is 24.5 Å². The normalized spacial score (nSPS) is 14.3. The Morgan fingerprint density at radius 3 is 1.73 bits per heavy atom. The Balaban J connectivity index is 4.51. The fourth-order valence-corrected chi connectivity index (χ4v) is 2.76. The molecule has 0 aliphatic carbocycles. The molecule has 6 heteroatoms. The Morgan fingerprint density at radius 1 is 0.773 bits per heavy atom. The highest BCUT2D eigenvalue weighted by molar-refractivity contribution is 4.73. The van der Waals surface area contributed by atoms with Crippen molar-refractivity contribution in [1.29, 1.82) is 0 Å². The lowest BCUT2D eigenvalue weighted by Gasteiger charge is -2.36. The summed E-state index contributed by atoms with van der Waals surface area (Å²) in [6.07, 6.45) is 2.02.